The van der Waals surface area contributed by atoms with E-state index in [9.17, 15) is 0 Å². The Morgan fingerprint density at radius 2 is 1.31 bits per heavy atom. The zero-order valence-corrected chi connectivity index (χ0v) is 23.6. The van der Waals surface area contributed by atoms with Gasteiger partial charge in [-0.3, -0.25) is 9.80 Å². The summed E-state index contributed by atoms with van der Waals surface area (Å²) in [5, 5.41) is 0. The molecule has 2 aliphatic carbocycles. The maximum absolute atomic E-state index is 3.00. The lowest BCUT2D eigenvalue weighted by Crippen LogP contribution is -2.56. The van der Waals surface area contributed by atoms with E-state index in [1.165, 1.54) is 57.8 Å². The molecule has 5 unspecified atom stereocenters. The van der Waals surface area contributed by atoms with E-state index in [-0.39, 0.29) is 5.54 Å². The van der Waals surface area contributed by atoms with Crippen LogP contribution < -0.4 is 0 Å². The van der Waals surface area contributed by atoms with Crippen LogP contribution in [0.1, 0.15) is 134 Å². The number of rotatable bonds is 3. The van der Waals surface area contributed by atoms with Crippen LogP contribution in [-0.4, -0.2) is 44.5 Å². The normalized spacial score (nSPS) is 36.7. The van der Waals surface area contributed by atoms with Crippen LogP contribution in [0.4, 0.5) is 0 Å². The molecule has 0 aromatic rings. The fraction of sp³-hybridized carbons (Fsp3) is 1.00. The standard InChI is InChI=1S/C30H56N2/c1-26(2,3)25-19-22-13-12-21(18-23(22)31(25)27(4,5)6)20-29(10,11)24-14-15-30(16-17-30)32(24)28(7,8)9/h21-25H,12-20H2,1-11H3. The van der Waals surface area contributed by atoms with Gasteiger partial charge in [0.15, 0.2) is 0 Å². The quantitative estimate of drug-likeness (QED) is 0.436. The van der Waals surface area contributed by atoms with Gasteiger partial charge in [0.1, 0.15) is 0 Å². The first-order valence-corrected chi connectivity index (χ1v) is 14.0. The van der Waals surface area contributed by atoms with Gasteiger partial charge in [0.25, 0.3) is 0 Å². The minimum absolute atomic E-state index is 0.265. The minimum Gasteiger partial charge on any atom is -0.292 e. The summed E-state index contributed by atoms with van der Waals surface area (Å²) in [6, 6.07) is 2.28. The maximum Gasteiger partial charge on any atom is 0.0219 e. The molecule has 2 nitrogen and oxygen atoms in total. The van der Waals surface area contributed by atoms with Crippen LogP contribution in [0.5, 0.6) is 0 Å². The van der Waals surface area contributed by atoms with Crippen LogP contribution in [0.25, 0.3) is 0 Å². The summed E-state index contributed by atoms with van der Waals surface area (Å²) in [6.07, 6.45) is 13.0. The molecular formula is C30H56N2. The summed E-state index contributed by atoms with van der Waals surface area (Å²) in [6.45, 7) is 27.5. The Kier molecular flexibility index (Phi) is 6.03. The molecule has 0 amide bonds. The second-order valence-corrected chi connectivity index (χ2v) is 16.2. The lowest BCUT2D eigenvalue weighted by molar-refractivity contribution is -0.0174. The fourth-order valence-corrected chi connectivity index (χ4v) is 8.88. The second-order valence-electron chi connectivity index (χ2n) is 16.2. The lowest BCUT2D eigenvalue weighted by Gasteiger charge is -2.50. The van der Waals surface area contributed by atoms with Crippen molar-refractivity contribution in [2.24, 2.45) is 22.7 Å². The summed E-state index contributed by atoms with van der Waals surface area (Å²) >= 11 is 0. The van der Waals surface area contributed by atoms with Crippen LogP contribution in [-0.2, 0) is 0 Å². The molecule has 0 aromatic heterocycles. The van der Waals surface area contributed by atoms with Gasteiger partial charge in [0.05, 0.1) is 0 Å². The Labute approximate surface area is 201 Å². The van der Waals surface area contributed by atoms with Crippen molar-refractivity contribution in [3.05, 3.63) is 0 Å². The molecule has 2 heterocycles. The minimum atomic E-state index is 0.265. The molecule has 0 N–H and O–H groups in total. The van der Waals surface area contributed by atoms with Gasteiger partial charge >= 0.3 is 0 Å². The van der Waals surface area contributed by atoms with Crippen LogP contribution in [0.3, 0.4) is 0 Å². The van der Waals surface area contributed by atoms with Crippen LogP contribution in [0.2, 0.25) is 0 Å². The molecule has 2 aliphatic heterocycles. The van der Waals surface area contributed by atoms with E-state index in [1.807, 2.05) is 0 Å². The molecule has 0 radical (unpaired) electrons. The number of hydrogen-bond donors (Lipinski definition) is 0. The highest BCUT2D eigenvalue weighted by Crippen LogP contribution is 2.59. The first-order chi connectivity index (χ1) is 14.5. The van der Waals surface area contributed by atoms with Gasteiger partial charge in [-0.05, 0) is 116 Å². The van der Waals surface area contributed by atoms with Gasteiger partial charge in [-0.25, -0.2) is 0 Å². The van der Waals surface area contributed by atoms with Crippen molar-refractivity contribution < 1.29 is 0 Å². The van der Waals surface area contributed by atoms with Crippen molar-refractivity contribution in [3.63, 3.8) is 0 Å². The third-order valence-corrected chi connectivity index (χ3v) is 10.0. The van der Waals surface area contributed by atoms with Crippen LogP contribution >= 0.6 is 0 Å². The molecular weight excluding hydrogens is 388 g/mol. The van der Waals surface area contributed by atoms with Crippen LogP contribution in [0.15, 0.2) is 0 Å². The van der Waals surface area contributed by atoms with Crippen molar-refractivity contribution >= 4 is 0 Å². The summed E-state index contributed by atoms with van der Waals surface area (Å²) in [5.74, 6) is 1.82. The average Bonchev–Trinajstić information content (AvgIpc) is 3.07. The monoisotopic (exact) mass is 444 g/mol. The lowest BCUT2D eigenvalue weighted by atomic mass is 9.68. The largest absolute Gasteiger partial charge is 0.292 e. The van der Waals surface area contributed by atoms with Crippen molar-refractivity contribution in [2.45, 2.75) is 169 Å². The number of hydrogen-bond acceptors (Lipinski definition) is 2. The van der Waals surface area contributed by atoms with E-state index < -0.39 is 0 Å². The Hall–Kier alpha value is -0.0800. The van der Waals surface area contributed by atoms with Gasteiger partial charge in [-0.15, -0.1) is 0 Å². The number of nitrogens with zero attached hydrogens (tertiary/aromatic N) is 2. The Balaban J connectivity index is 1.50. The molecule has 32 heavy (non-hydrogen) atoms. The average molecular weight is 445 g/mol. The molecule has 2 heteroatoms. The van der Waals surface area contributed by atoms with Gasteiger partial charge in [0, 0.05) is 34.7 Å². The smallest absolute Gasteiger partial charge is 0.0219 e. The highest BCUT2D eigenvalue weighted by atomic mass is 15.3. The molecule has 2 saturated carbocycles. The highest BCUT2D eigenvalue weighted by Gasteiger charge is 2.60. The molecule has 1 spiro atoms. The van der Waals surface area contributed by atoms with Gasteiger partial charge in [-0.2, -0.15) is 0 Å². The third kappa shape index (κ3) is 4.46. The van der Waals surface area contributed by atoms with Gasteiger partial charge in [-0.1, -0.05) is 41.0 Å². The number of fused-ring (bicyclic) bond motifs is 1. The highest BCUT2D eigenvalue weighted by molar-refractivity contribution is 5.16. The zero-order chi connectivity index (χ0) is 23.9. The Bertz CT molecular complexity index is 681. The zero-order valence-electron chi connectivity index (χ0n) is 23.6. The van der Waals surface area contributed by atoms with Crippen molar-refractivity contribution in [3.8, 4) is 0 Å². The van der Waals surface area contributed by atoms with Crippen LogP contribution in [0, 0.1) is 22.7 Å². The first-order valence-electron chi connectivity index (χ1n) is 14.0. The molecule has 2 saturated heterocycles. The summed E-state index contributed by atoms with van der Waals surface area (Å²) < 4.78 is 0. The molecule has 186 valence electrons. The molecule has 0 bridgehead atoms. The summed E-state index contributed by atoms with van der Waals surface area (Å²) in [7, 11) is 0. The predicted octanol–water partition coefficient (Wildman–Crippen LogP) is 7.90. The SMILES string of the molecule is CC(C)(C)C1CC2CCC(CC(C)(C)C3CCC4(CC4)N3C(C)(C)C)CC2N1C(C)(C)C. The molecule has 4 fully saturated rings. The van der Waals surface area contributed by atoms with E-state index in [4.69, 9.17) is 0 Å². The van der Waals surface area contributed by atoms with E-state index in [1.54, 1.807) is 0 Å². The van der Waals surface area contributed by atoms with E-state index >= 15 is 0 Å². The Morgan fingerprint density at radius 3 is 1.81 bits per heavy atom. The van der Waals surface area contributed by atoms with E-state index in [2.05, 4.69) is 86.0 Å². The summed E-state index contributed by atoms with van der Waals surface area (Å²) in [4.78, 5) is 5.98. The summed E-state index contributed by atoms with van der Waals surface area (Å²) in [5.41, 5.74) is 1.90. The molecule has 4 aliphatic rings. The Morgan fingerprint density at radius 1 is 0.688 bits per heavy atom. The van der Waals surface area contributed by atoms with Gasteiger partial charge in [0.2, 0.25) is 0 Å². The second kappa shape index (κ2) is 7.71. The van der Waals surface area contributed by atoms with Gasteiger partial charge < -0.3 is 0 Å². The molecule has 5 atom stereocenters. The fourth-order valence-electron chi connectivity index (χ4n) is 8.88. The third-order valence-electron chi connectivity index (χ3n) is 10.0. The van der Waals surface area contributed by atoms with Crippen molar-refractivity contribution in [1.82, 2.24) is 9.80 Å². The topological polar surface area (TPSA) is 6.48 Å². The first kappa shape index (κ1) is 25.0. The number of likely N-dealkylation sites (tertiary alicyclic amines) is 2. The van der Waals surface area contributed by atoms with E-state index in [0.717, 1.165) is 30.0 Å². The maximum atomic E-state index is 3.00. The van der Waals surface area contributed by atoms with Crippen molar-refractivity contribution in [1.29, 1.82) is 0 Å². The van der Waals surface area contributed by atoms with Crippen molar-refractivity contribution in [2.75, 3.05) is 0 Å². The molecule has 0 aromatic carbocycles. The molecule has 4 rings (SSSR count). The predicted molar refractivity (Wildman–Crippen MR) is 139 cm³/mol. The van der Waals surface area contributed by atoms with E-state index in [0.29, 0.717) is 21.9 Å².